The molecule has 0 atom stereocenters. The Morgan fingerprint density at radius 3 is 1.01 bits per heavy atom. The van der Waals surface area contributed by atoms with Gasteiger partial charge in [-0.25, -0.2) is 9.97 Å². The number of pyridine rings is 2. The molecule has 0 fully saturated rings. The lowest BCUT2D eigenvalue weighted by atomic mass is 9.99. The second kappa shape index (κ2) is 24.3. The van der Waals surface area contributed by atoms with Gasteiger partial charge >= 0.3 is 0 Å². The van der Waals surface area contributed by atoms with Crippen LogP contribution in [0.25, 0.3) is 206 Å². The minimum atomic E-state index is 0.967. The maximum absolute atomic E-state index is 5.30. The number of hydrogen-bond acceptors (Lipinski definition) is 4. The van der Waals surface area contributed by atoms with Crippen LogP contribution in [0.4, 0.5) is 0 Å². The van der Waals surface area contributed by atoms with Gasteiger partial charge in [0.15, 0.2) is 0 Å². The summed E-state index contributed by atoms with van der Waals surface area (Å²) in [6, 6.07) is 132. The molecule has 104 heavy (non-hydrogen) atoms. The fourth-order valence-electron chi connectivity index (χ4n) is 16.3. The molecule has 6 heterocycles. The van der Waals surface area contributed by atoms with Gasteiger partial charge in [-0.2, -0.15) is 0 Å². The third-order valence-corrected chi connectivity index (χ3v) is 23.5. The number of thiophene rings is 2. The van der Waals surface area contributed by atoms with E-state index in [1.54, 1.807) is 0 Å². The monoisotopic (exact) mass is 1360 g/mol. The molecule has 0 amide bonds. The first-order valence-corrected chi connectivity index (χ1v) is 37.0. The number of nitrogens with zero attached hydrogens (tertiary/aromatic N) is 4. The van der Waals surface area contributed by atoms with Gasteiger partial charge in [0.05, 0.1) is 44.8 Å². The first kappa shape index (κ1) is 59.7. The average Bonchev–Trinajstić information content (AvgIpc) is 1.56. The van der Waals surface area contributed by atoms with E-state index in [4.69, 9.17) is 9.97 Å². The van der Waals surface area contributed by atoms with E-state index >= 15 is 0 Å². The number of hydrogen-bond donors (Lipinski definition) is 0. The SMILES string of the molecule is c1ccc(-c2cc(-c3ccc(-n4c5ccc6ccccc6c5c5c6ccccc6ccc54)cc3)cc(-c3ccc4c(c3)sc3ccccc34)n2)cc1.c1ccc(-c2cc(-c3ccc(-n4c5ccc6ccccc6c5c5c6ccccc6ccc54)cc3)cc(-c3cccc4c3sc3ccccc34)n2)cc1. The van der Waals surface area contributed by atoms with Crippen LogP contribution in [0.3, 0.4) is 0 Å². The van der Waals surface area contributed by atoms with Gasteiger partial charge in [0.25, 0.3) is 0 Å². The van der Waals surface area contributed by atoms with Gasteiger partial charge in [0.2, 0.25) is 0 Å². The van der Waals surface area contributed by atoms with Crippen LogP contribution in [-0.2, 0) is 0 Å². The molecule has 22 rings (SSSR count). The van der Waals surface area contributed by atoms with Crippen LogP contribution in [0.15, 0.2) is 364 Å². The summed E-state index contributed by atoms with van der Waals surface area (Å²) >= 11 is 3.69. The molecule has 0 unspecified atom stereocenters. The molecule has 0 aliphatic carbocycles. The third-order valence-electron chi connectivity index (χ3n) is 21.2. The van der Waals surface area contributed by atoms with Crippen molar-refractivity contribution in [3.8, 4) is 78.7 Å². The van der Waals surface area contributed by atoms with E-state index < -0.39 is 0 Å². The predicted octanol–water partition coefficient (Wildman–Crippen LogP) is 27.7. The summed E-state index contributed by atoms with van der Waals surface area (Å²) in [5.41, 5.74) is 20.1. The number of rotatable bonds is 8. The van der Waals surface area contributed by atoms with Crippen molar-refractivity contribution in [2.75, 3.05) is 0 Å². The summed E-state index contributed by atoms with van der Waals surface area (Å²) in [5, 5.41) is 20.5. The molecule has 0 saturated heterocycles. The number of benzene rings is 16. The Morgan fingerprint density at radius 1 is 0.202 bits per heavy atom. The Kier molecular flexibility index (Phi) is 14.0. The molecule has 0 bridgehead atoms. The van der Waals surface area contributed by atoms with Crippen molar-refractivity contribution in [1.29, 1.82) is 0 Å². The molecule has 22 aromatic rings. The predicted molar refractivity (Wildman–Crippen MR) is 446 cm³/mol. The zero-order valence-corrected chi connectivity index (χ0v) is 57.9. The van der Waals surface area contributed by atoms with Gasteiger partial charge in [0.1, 0.15) is 0 Å². The smallest absolute Gasteiger partial charge is 0.0730 e. The fraction of sp³-hybridized carbons (Fsp3) is 0. The summed E-state index contributed by atoms with van der Waals surface area (Å²) in [6.45, 7) is 0. The summed E-state index contributed by atoms with van der Waals surface area (Å²) in [7, 11) is 0. The van der Waals surface area contributed by atoms with Crippen molar-refractivity contribution < 1.29 is 0 Å². The highest BCUT2D eigenvalue weighted by Gasteiger charge is 2.22. The zero-order valence-electron chi connectivity index (χ0n) is 56.2. The number of fused-ring (bicyclic) bond motifs is 20. The van der Waals surface area contributed by atoms with Gasteiger partial charge in [-0.3, -0.25) is 0 Å². The molecule has 0 aliphatic heterocycles. The van der Waals surface area contributed by atoms with E-state index in [0.29, 0.717) is 0 Å². The van der Waals surface area contributed by atoms with Crippen molar-refractivity contribution in [3.63, 3.8) is 0 Å². The van der Waals surface area contributed by atoms with E-state index in [2.05, 4.69) is 373 Å². The molecule has 0 N–H and O–H groups in total. The van der Waals surface area contributed by atoms with E-state index in [1.165, 1.54) is 133 Å². The molecule has 16 aromatic carbocycles. The molecular weight excluding hydrogens is 1300 g/mol. The third kappa shape index (κ3) is 9.86. The Hall–Kier alpha value is -13.1. The topological polar surface area (TPSA) is 35.6 Å². The maximum atomic E-state index is 5.30. The van der Waals surface area contributed by atoms with Crippen LogP contribution >= 0.6 is 22.7 Å². The molecule has 6 heteroatoms. The normalized spacial score (nSPS) is 11.8. The van der Waals surface area contributed by atoms with Crippen molar-refractivity contribution >= 4 is 150 Å². The Morgan fingerprint density at radius 2 is 0.548 bits per heavy atom. The lowest BCUT2D eigenvalue weighted by Crippen LogP contribution is -1.95. The van der Waals surface area contributed by atoms with Crippen molar-refractivity contribution in [2.24, 2.45) is 0 Å². The largest absolute Gasteiger partial charge is 0.309 e. The summed E-state index contributed by atoms with van der Waals surface area (Å²) in [6.07, 6.45) is 0. The van der Waals surface area contributed by atoms with Crippen molar-refractivity contribution in [3.05, 3.63) is 364 Å². The van der Waals surface area contributed by atoms with Gasteiger partial charge in [-0.05, 0) is 156 Å². The van der Waals surface area contributed by atoms with E-state index in [-0.39, 0.29) is 0 Å². The van der Waals surface area contributed by atoms with Crippen molar-refractivity contribution in [2.45, 2.75) is 0 Å². The molecule has 0 aliphatic rings. The quantitative estimate of drug-likeness (QED) is 0.152. The molecule has 0 radical (unpaired) electrons. The Bertz CT molecular complexity index is 7020. The van der Waals surface area contributed by atoms with Crippen LogP contribution in [0, 0.1) is 0 Å². The first-order valence-electron chi connectivity index (χ1n) is 35.4. The van der Waals surface area contributed by atoms with E-state index in [1.807, 2.05) is 22.7 Å². The van der Waals surface area contributed by atoms with Crippen LogP contribution in [0.2, 0.25) is 0 Å². The van der Waals surface area contributed by atoms with Gasteiger partial charge in [0, 0.05) is 95.5 Å². The highest BCUT2D eigenvalue weighted by molar-refractivity contribution is 7.26. The molecule has 6 aromatic heterocycles. The van der Waals surface area contributed by atoms with Crippen LogP contribution < -0.4 is 0 Å². The van der Waals surface area contributed by atoms with Crippen molar-refractivity contribution in [1.82, 2.24) is 19.1 Å². The maximum Gasteiger partial charge on any atom is 0.0730 e. The Balaban J connectivity index is 0.000000134. The van der Waals surface area contributed by atoms with Crippen LogP contribution in [0.5, 0.6) is 0 Å². The van der Waals surface area contributed by atoms with Gasteiger partial charge in [-0.15, -0.1) is 22.7 Å². The molecular formula is C98H60N4S2. The molecule has 0 spiro atoms. The van der Waals surface area contributed by atoms with Gasteiger partial charge < -0.3 is 9.13 Å². The first-order chi connectivity index (χ1) is 51.5. The second-order valence-corrected chi connectivity index (χ2v) is 29.2. The molecule has 4 nitrogen and oxygen atoms in total. The fourth-order valence-corrected chi connectivity index (χ4v) is 18.7. The summed E-state index contributed by atoms with van der Waals surface area (Å²) in [5.74, 6) is 0. The van der Waals surface area contributed by atoms with E-state index in [9.17, 15) is 0 Å². The lowest BCUT2D eigenvalue weighted by molar-refractivity contribution is 1.18. The lowest BCUT2D eigenvalue weighted by Gasteiger charge is -2.13. The minimum absolute atomic E-state index is 0.967. The summed E-state index contributed by atoms with van der Waals surface area (Å²) < 4.78 is 10.0. The molecule has 484 valence electrons. The highest BCUT2D eigenvalue weighted by Crippen LogP contribution is 2.46. The van der Waals surface area contributed by atoms with E-state index in [0.717, 1.165) is 73.1 Å². The van der Waals surface area contributed by atoms with Crippen LogP contribution in [-0.4, -0.2) is 19.1 Å². The highest BCUT2D eigenvalue weighted by atomic mass is 32.1. The molecule has 0 saturated carbocycles. The Labute approximate surface area is 607 Å². The zero-order chi connectivity index (χ0) is 68.3. The second-order valence-electron chi connectivity index (χ2n) is 27.1. The summed E-state index contributed by atoms with van der Waals surface area (Å²) in [4.78, 5) is 10.5. The van der Waals surface area contributed by atoms with Crippen LogP contribution in [0.1, 0.15) is 0 Å². The average molecular weight is 1360 g/mol. The van der Waals surface area contributed by atoms with Gasteiger partial charge in [-0.1, -0.05) is 273 Å². The minimum Gasteiger partial charge on any atom is -0.309 e. The number of aromatic nitrogens is 4. The standard InChI is InChI=1S/2C49H30N2S/c1-2-13-34(14-3-1)42-29-35(30-43(50-42)41-19-10-18-40-39-17-8-9-20-46(39)52-49(40)41)31-21-25-36(26-22-31)51-44-27-23-32-11-4-6-15-37(32)47(44)48-38-16-7-5-12-33(38)24-28-45(48)51;1-2-12-34(13-3-1)42-28-36(29-43(50-42)35-20-25-41-40-16-8-9-17-46(40)52-47(41)30-35)31-18-23-37(24-19-31)51-44-26-21-32-10-4-6-14-38(32)48(44)49-39-15-7-5-11-33(39)22-27-45(49)51/h2*1-30H.